The molecule has 10 nitrogen and oxygen atoms in total. The number of benzene rings is 1. The van der Waals surface area contributed by atoms with Gasteiger partial charge in [-0.1, -0.05) is 0 Å². The molecule has 0 atom stereocenters. The van der Waals surface area contributed by atoms with Gasteiger partial charge in [0.2, 0.25) is 5.91 Å². The highest BCUT2D eigenvalue weighted by atomic mass is 32.1. The van der Waals surface area contributed by atoms with Crippen LogP contribution in [0, 0.1) is 24.0 Å². The van der Waals surface area contributed by atoms with Crippen LogP contribution >= 0.6 is 11.3 Å². The number of hydrogen-bond acceptors (Lipinski definition) is 8. The number of nitrogens with one attached hydrogen (secondary N) is 2. The summed E-state index contributed by atoms with van der Waals surface area (Å²) in [4.78, 5) is 49.6. The summed E-state index contributed by atoms with van der Waals surface area (Å²) < 4.78 is 4.82. The minimum absolute atomic E-state index is 0.0145. The van der Waals surface area contributed by atoms with Crippen LogP contribution in [0.25, 0.3) is 0 Å². The Labute approximate surface area is 157 Å². The van der Waals surface area contributed by atoms with Crippen LogP contribution in [0.3, 0.4) is 0 Å². The fourth-order valence-corrected chi connectivity index (χ4v) is 2.81. The molecule has 11 heteroatoms. The van der Waals surface area contributed by atoms with Crippen molar-refractivity contribution >= 4 is 34.8 Å². The van der Waals surface area contributed by atoms with Crippen molar-refractivity contribution in [3.05, 3.63) is 55.5 Å². The van der Waals surface area contributed by atoms with E-state index in [1.54, 1.807) is 12.3 Å². The molecule has 142 valence electrons. The van der Waals surface area contributed by atoms with E-state index >= 15 is 0 Å². The second-order valence-electron chi connectivity index (χ2n) is 5.49. The molecule has 2 rings (SSSR count). The number of carbonyl (C=O) groups is 3. The van der Waals surface area contributed by atoms with Crippen molar-refractivity contribution in [1.82, 2.24) is 15.8 Å². The number of aryl methyl sites for hydroxylation is 2. The molecule has 0 saturated heterocycles. The molecule has 27 heavy (non-hydrogen) atoms. The molecule has 1 aromatic heterocycles. The van der Waals surface area contributed by atoms with Gasteiger partial charge in [0.1, 0.15) is 5.01 Å². The van der Waals surface area contributed by atoms with Crippen molar-refractivity contribution in [1.29, 1.82) is 0 Å². The van der Waals surface area contributed by atoms with Gasteiger partial charge in [-0.05, 0) is 26.0 Å². The molecule has 0 bridgehead atoms. The van der Waals surface area contributed by atoms with Gasteiger partial charge < -0.3 is 4.74 Å². The Kier molecular flexibility index (Phi) is 6.55. The van der Waals surface area contributed by atoms with E-state index in [0.29, 0.717) is 10.6 Å². The topological polar surface area (TPSA) is 141 Å². The van der Waals surface area contributed by atoms with Crippen LogP contribution in [0.4, 0.5) is 5.69 Å². The van der Waals surface area contributed by atoms with Gasteiger partial charge in [0.05, 0.1) is 16.9 Å². The lowest BCUT2D eigenvalue weighted by Crippen LogP contribution is -2.44. The maximum absolute atomic E-state index is 11.9. The molecular weight excluding hydrogens is 376 g/mol. The van der Waals surface area contributed by atoms with Crippen molar-refractivity contribution in [3.8, 4) is 0 Å². The first-order valence-electron chi connectivity index (χ1n) is 7.67. The molecule has 2 N–H and O–H groups in total. The third kappa shape index (κ3) is 5.85. The Hall–Kier alpha value is -3.34. The van der Waals surface area contributed by atoms with Gasteiger partial charge in [-0.15, -0.1) is 11.3 Å². The van der Waals surface area contributed by atoms with E-state index in [2.05, 4.69) is 15.8 Å². The van der Waals surface area contributed by atoms with Crippen molar-refractivity contribution in [3.63, 3.8) is 0 Å². The number of hydrogen-bond donors (Lipinski definition) is 2. The van der Waals surface area contributed by atoms with Crippen LogP contribution in [-0.4, -0.2) is 34.3 Å². The second-order valence-corrected chi connectivity index (χ2v) is 6.43. The van der Waals surface area contributed by atoms with Crippen molar-refractivity contribution < 1.29 is 24.0 Å². The van der Waals surface area contributed by atoms with Gasteiger partial charge >= 0.3 is 5.97 Å². The van der Waals surface area contributed by atoms with Crippen molar-refractivity contribution in [2.24, 2.45) is 0 Å². The smallest absolute Gasteiger partial charge is 0.338 e. The van der Waals surface area contributed by atoms with E-state index in [1.807, 2.05) is 0 Å². The molecule has 0 saturated carbocycles. The normalized spacial score (nSPS) is 10.1. The molecule has 0 spiro atoms. The van der Waals surface area contributed by atoms with Gasteiger partial charge in [0, 0.05) is 22.7 Å². The van der Waals surface area contributed by atoms with Crippen molar-refractivity contribution in [2.45, 2.75) is 20.3 Å². The molecule has 0 aliphatic carbocycles. The molecule has 1 heterocycles. The number of nitro benzene ring substituents is 1. The van der Waals surface area contributed by atoms with Gasteiger partial charge in [0.15, 0.2) is 6.61 Å². The minimum Gasteiger partial charge on any atom is -0.452 e. The fourth-order valence-electron chi connectivity index (χ4n) is 2.04. The van der Waals surface area contributed by atoms with E-state index in [0.717, 1.165) is 5.69 Å². The highest BCUT2D eigenvalue weighted by Gasteiger charge is 2.16. The third-order valence-corrected chi connectivity index (χ3v) is 4.25. The predicted molar refractivity (Wildman–Crippen MR) is 95.0 cm³/mol. The summed E-state index contributed by atoms with van der Waals surface area (Å²) in [5, 5.41) is 13.2. The SMILES string of the molecule is Cc1csc(CC(=O)NNC(=O)COC(=O)c2ccc([N+](=O)[O-])c(C)c2)n1. The molecular formula is C16H16N4O6S. The Morgan fingerprint density at radius 2 is 1.93 bits per heavy atom. The van der Waals surface area contributed by atoms with E-state index in [4.69, 9.17) is 4.74 Å². The quantitative estimate of drug-likeness (QED) is 0.428. The zero-order valence-corrected chi connectivity index (χ0v) is 15.3. The first-order valence-corrected chi connectivity index (χ1v) is 8.55. The second kappa shape index (κ2) is 8.85. The molecule has 0 aliphatic heterocycles. The fraction of sp³-hybridized carbons (Fsp3) is 0.250. The highest BCUT2D eigenvalue weighted by molar-refractivity contribution is 7.09. The third-order valence-electron chi connectivity index (χ3n) is 3.28. The number of aromatic nitrogens is 1. The van der Waals surface area contributed by atoms with Gasteiger partial charge in [-0.2, -0.15) is 0 Å². The summed E-state index contributed by atoms with van der Waals surface area (Å²) in [7, 11) is 0. The van der Waals surface area contributed by atoms with Crippen LogP contribution in [0.2, 0.25) is 0 Å². The summed E-state index contributed by atoms with van der Waals surface area (Å²) in [5.74, 6) is -2.01. The lowest BCUT2D eigenvalue weighted by atomic mass is 10.1. The largest absolute Gasteiger partial charge is 0.452 e. The van der Waals surface area contributed by atoms with Gasteiger partial charge in [-0.3, -0.25) is 30.6 Å². The number of thiazole rings is 1. The molecule has 2 amide bonds. The monoisotopic (exact) mass is 392 g/mol. The van der Waals surface area contributed by atoms with Crippen LogP contribution in [0.15, 0.2) is 23.6 Å². The number of ether oxygens (including phenoxy) is 1. The lowest BCUT2D eigenvalue weighted by molar-refractivity contribution is -0.385. The highest BCUT2D eigenvalue weighted by Crippen LogP contribution is 2.19. The summed E-state index contributed by atoms with van der Waals surface area (Å²) >= 11 is 1.33. The minimum atomic E-state index is -0.812. The van der Waals surface area contributed by atoms with Gasteiger partial charge in [-0.25, -0.2) is 9.78 Å². The van der Waals surface area contributed by atoms with Crippen LogP contribution in [0.5, 0.6) is 0 Å². The average Bonchev–Trinajstić information content (AvgIpc) is 3.02. The van der Waals surface area contributed by atoms with Crippen LogP contribution in [0.1, 0.15) is 26.6 Å². The zero-order chi connectivity index (χ0) is 20.0. The van der Waals surface area contributed by atoms with Crippen LogP contribution < -0.4 is 10.9 Å². The Bertz CT molecular complexity index is 895. The van der Waals surface area contributed by atoms with E-state index in [9.17, 15) is 24.5 Å². The Morgan fingerprint density at radius 3 is 2.52 bits per heavy atom. The van der Waals surface area contributed by atoms with E-state index in [-0.39, 0.29) is 17.7 Å². The molecule has 2 aromatic rings. The van der Waals surface area contributed by atoms with Crippen LogP contribution in [-0.2, 0) is 20.7 Å². The summed E-state index contributed by atoms with van der Waals surface area (Å²) in [6.07, 6.45) is 0.0145. The Morgan fingerprint density at radius 1 is 1.22 bits per heavy atom. The average molecular weight is 392 g/mol. The number of esters is 1. The number of carbonyl (C=O) groups excluding carboxylic acids is 3. The number of amides is 2. The standard InChI is InChI=1S/C16H16N4O6S/c1-9-5-11(3-4-12(9)20(24)25)16(23)26-7-14(22)19-18-13(21)6-15-17-10(2)8-27-15/h3-5,8H,6-7H2,1-2H3,(H,18,21)(H,19,22). The number of hydrazine groups is 1. The number of nitro groups is 1. The number of rotatable bonds is 6. The molecule has 0 radical (unpaired) electrons. The number of nitrogens with zero attached hydrogens (tertiary/aromatic N) is 2. The molecule has 0 fully saturated rings. The summed E-state index contributed by atoms with van der Waals surface area (Å²) in [6, 6.07) is 3.73. The predicted octanol–water partition coefficient (Wildman–Crippen LogP) is 1.22. The van der Waals surface area contributed by atoms with Crippen molar-refractivity contribution in [2.75, 3.05) is 6.61 Å². The maximum Gasteiger partial charge on any atom is 0.338 e. The molecule has 1 aromatic carbocycles. The summed E-state index contributed by atoms with van der Waals surface area (Å²) in [5.41, 5.74) is 5.37. The zero-order valence-electron chi connectivity index (χ0n) is 14.5. The molecule has 0 unspecified atom stereocenters. The lowest BCUT2D eigenvalue weighted by Gasteiger charge is -2.08. The Balaban J connectivity index is 1.77. The maximum atomic E-state index is 11.9. The summed E-state index contributed by atoms with van der Waals surface area (Å²) in [6.45, 7) is 2.67. The van der Waals surface area contributed by atoms with E-state index in [1.165, 1.54) is 36.5 Å². The first-order chi connectivity index (χ1) is 12.8. The molecule has 0 aliphatic rings. The van der Waals surface area contributed by atoms with Gasteiger partial charge in [0.25, 0.3) is 11.6 Å². The first kappa shape index (κ1) is 20.0. The van der Waals surface area contributed by atoms with E-state index < -0.39 is 29.3 Å².